The van der Waals surface area contributed by atoms with Crippen molar-refractivity contribution in [2.24, 2.45) is 7.05 Å². The van der Waals surface area contributed by atoms with Crippen molar-refractivity contribution < 1.29 is 9.13 Å². The summed E-state index contributed by atoms with van der Waals surface area (Å²) in [6.45, 7) is 5.40. The van der Waals surface area contributed by atoms with E-state index in [-0.39, 0.29) is 12.7 Å². The summed E-state index contributed by atoms with van der Waals surface area (Å²) in [4.78, 5) is 10.8. The second kappa shape index (κ2) is 8.78. The molecule has 0 spiro atoms. The Morgan fingerprint density at radius 1 is 1.18 bits per heavy atom. The van der Waals surface area contributed by atoms with Gasteiger partial charge in [0.25, 0.3) is 0 Å². The smallest absolute Gasteiger partial charge is 0.165 e. The Morgan fingerprint density at radius 2 is 2.06 bits per heavy atom. The molecule has 1 saturated heterocycles. The zero-order valence-electron chi connectivity index (χ0n) is 19.0. The topological polar surface area (TPSA) is 85.4 Å². The van der Waals surface area contributed by atoms with E-state index in [0.717, 1.165) is 41.2 Å². The lowest BCUT2D eigenvalue weighted by molar-refractivity contribution is 0.0459. The third-order valence-electron chi connectivity index (χ3n) is 5.93. The molecule has 0 unspecified atom stereocenters. The Kier molecular flexibility index (Phi) is 5.67. The number of anilines is 2. The molecule has 4 aromatic rings. The van der Waals surface area contributed by atoms with E-state index in [1.54, 1.807) is 6.20 Å². The van der Waals surface area contributed by atoms with Gasteiger partial charge in [0.05, 0.1) is 11.7 Å². The number of hydrogen-bond donors (Lipinski definition) is 1. The summed E-state index contributed by atoms with van der Waals surface area (Å²) in [6.07, 6.45) is 4.68. The number of aryl methyl sites for hydroxylation is 3. The molecule has 1 atom stereocenters. The van der Waals surface area contributed by atoms with Crippen molar-refractivity contribution in [3.8, 4) is 17.0 Å². The van der Waals surface area contributed by atoms with Crippen LogP contribution in [-0.4, -0.2) is 66.7 Å². The standard InChI is InChI=1S/C23H27FN8O/c1-15-10-21(27-16(2)26-15)28-22-12-19-11-17(4-8-32(19)29-22)23-20(13-25-30(23)3)33-14-18-5-7-31(18)9-6-24/h4,8,10-13,18H,5-7,9,14H2,1-3H3,(H,26,27,28,29)/t18-/m1/s1. The van der Waals surface area contributed by atoms with E-state index in [1.807, 2.05) is 54.5 Å². The number of halogens is 1. The van der Waals surface area contributed by atoms with Gasteiger partial charge < -0.3 is 10.1 Å². The normalized spacial score (nSPS) is 16.2. The molecular weight excluding hydrogens is 423 g/mol. The monoisotopic (exact) mass is 450 g/mol. The zero-order chi connectivity index (χ0) is 22.9. The maximum absolute atomic E-state index is 12.7. The lowest BCUT2D eigenvalue weighted by atomic mass is 10.0. The summed E-state index contributed by atoms with van der Waals surface area (Å²) in [6, 6.07) is 8.16. The summed E-state index contributed by atoms with van der Waals surface area (Å²) in [5, 5.41) is 12.2. The van der Waals surface area contributed by atoms with Gasteiger partial charge in [-0.2, -0.15) is 10.2 Å². The minimum Gasteiger partial charge on any atom is -0.488 e. The molecule has 0 aliphatic carbocycles. The van der Waals surface area contributed by atoms with Crippen LogP contribution in [0, 0.1) is 13.8 Å². The molecule has 0 saturated carbocycles. The zero-order valence-corrected chi connectivity index (χ0v) is 19.0. The molecule has 1 fully saturated rings. The maximum Gasteiger partial charge on any atom is 0.165 e. The van der Waals surface area contributed by atoms with Crippen LogP contribution in [0.5, 0.6) is 5.75 Å². The molecule has 10 heteroatoms. The molecule has 1 N–H and O–H groups in total. The van der Waals surface area contributed by atoms with Gasteiger partial charge in [-0.05, 0) is 32.4 Å². The number of nitrogens with one attached hydrogen (secondary N) is 1. The van der Waals surface area contributed by atoms with E-state index < -0.39 is 0 Å². The Morgan fingerprint density at radius 3 is 2.82 bits per heavy atom. The van der Waals surface area contributed by atoms with Gasteiger partial charge in [-0.25, -0.2) is 18.9 Å². The number of rotatable bonds is 8. The predicted molar refractivity (Wildman–Crippen MR) is 124 cm³/mol. The minimum atomic E-state index is -0.326. The van der Waals surface area contributed by atoms with Gasteiger partial charge in [0.1, 0.15) is 30.6 Å². The molecular formula is C23H27FN8O. The highest BCUT2D eigenvalue weighted by atomic mass is 19.1. The molecule has 4 aromatic heterocycles. The fourth-order valence-electron chi connectivity index (χ4n) is 4.24. The Hall–Kier alpha value is -3.53. The van der Waals surface area contributed by atoms with E-state index in [9.17, 15) is 4.39 Å². The van der Waals surface area contributed by atoms with Crippen LogP contribution in [0.25, 0.3) is 16.8 Å². The molecule has 0 amide bonds. The van der Waals surface area contributed by atoms with Crippen molar-refractivity contribution in [2.45, 2.75) is 26.3 Å². The maximum atomic E-state index is 12.7. The van der Waals surface area contributed by atoms with Crippen molar-refractivity contribution in [3.63, 3.8) is 0 Å². The van der Waals surface area contributed by atoms with Crippen molar-refractivity contribution in [1.82, 2.24) is 34.3 Å². The third-order valence-corrected chi connectivity index (χ3v) is 5.93. The quantitative estimate of drug-likeness (QED) is 0.441. The van der Waals surface area contributed by atoms with Crippen LogP contribution in [0.15, 0.2) is 36.7 Å². The van der Waals surface area contributed by atoms with Gasteiger partial charge in [-0.3, -0.25) is 9.58 Å². The van der Waals surface area contributed by atoms with Crippen LogP contribution in [0.2, 0.25) is 0 Å². The first-order valence-electron chi connectivity index (χ1n) is 11.0. The fraction of sp³-hybridized carbons (Fsp3) is 0.391. The Balaban J connectivity index is 1.36. The summed E-state index contributed by atoms with van der Waals surface area (Å²) >= 11 is 0. The molecule has 172 valence electrons. The van der Waals surface area contributed by atoms with Gasteiger partial charge in [-0.15, -0.1) is 0 Å². The van der Waals surface area contributed by atoms with E-state index in [0.29, 0.717) is 30.6 Å². The van der Waals surface area contributed by atoms with Gasteiger partial charge >= 0.3 is 0 Å². The van der Waals surface area contributed by atoms with Crippen LogP contribution in [0.4, 0.5) is 16.0 Å². The lowest BCUT2D eigenvalue weighted by Crippen LogP contribution is -2.51. The van der Waals surface area contributed by atoms with E-state index >= 15 is 0 Å². The highest BCUT2D eigenvalue weighted by Gasteiger charge is 2.28. The van der Waals surface area contributed by atoms with E-state index in [1.165, 1.54) is 0 Å². The number of pyridine rings is 1. The first-order chi connectivity index (χ1) is 16.0. The van der Waals surface area contributed by atoms with Crippen molar-refractivity contribution in [1.29, 1.82) is 0 Å². The number of aromatic nitrogens is 6. The fourth-order valence-corrected chi connectivity index (χ4v) is 4.24. The van der Waals surface area contributed by atoms with E-state index in [2.05, 4.69) is 36.4 Å². The summed E-state index contributed by atoms with van der Waals surface area (Å²) in [5.74, 6) is 2.84. The average molecular weight is 451 g/mol. The lowest BCUT2D eigenvalue weighted by Gasteiger charge is -2.39. The highest BCUT2D eigenvalue weighted by molar-refractivity contribution is 5.72. The third kappa shape index (κ3) is 4.38. The number of fused-ring (bicyclic) bond motifs is 1. The van der Waals surface area contributed by atoms with Crippen LogP contribution >= 0.6 is 0 Å². The van der Waals surface area contributed by atoms with Gasteiger partial charge in [0.15, 0.2) is 11.6 Å². The van der Waals surface area contributed by atoms with Crippen LogP contribution in [0.1, 0.15) is 17.9 Å². The van der Waals surface area contributed by atoms with Gasteiger partial charge in [0.2, 0.25) is 0 Å². The first kappa shape index (κ1) is 21.3. The Labute approximate surface area is 191 Å². The van der Waals surface area contributed by atoms with Gasteiger partial charge in [-0.1, -0.05) is 0 Å². The molecule has 0 radical (unpaired) electrons. The number of nitrogens with zero attached hydrogens (tertiary/aromatic N) is 7. The van der Waals surface area contributed by atoms with Crippen LogP contribution in [-0.2, 0) is 7.05 Å². The predicted octanol–water partition coefficient (Wildman–Crippen LogP) is 3.31. The number of ether oxygens (including phenoxy) is 1. The summed E-state index contributed by atoms with van der Waals surface area (Å²) in [7, 11) is 1.90. The highest BCUT2D eigenvalue weighted by Crippen LogP contribution is 2.31. The largest absolute Gasteiger partial charge is 0.488 e. The van der Waals surface area contributed by atoms with Crippen LogP contribution in [0.3, 0.4) is 0 Å². The molecule has 1 aliphatic rings. The molecule has 33 heavy (non-hydrogen) atoms. The van der Waals surface area contributed by atoms with E-state index in [4.69, 9.17) is 4.74 Å². The van der Waals surface area contributed by atoms with Crippen LogP contribution < -0.4 is 10.1 Å². The summed E-state index contributed by atoms with van der Waals surface area (Å²) < 4.78 is 22.4. The Bertz CT molecular complexity index is 1260. The molecule has 5 rings (SSSR count). The van der Waals surface area contributed by atoms with Crippen molar-refractivity contribution in [2.75, 3.05) is 31.7 Å². The SMILES string of the molecule is Cc1cc(Nc2cc3cc(-c4c(OC[C@H]5CCN5CCF)cnn4C)ccn3n2)nc(C)n1. The molecule has 5 heterocycles. The number of likely N-dealkylation sites (tertiary alicyclic amines) is 1. The molecule has 1 aliphatic heterocycles. The second-order valence-corrected chi connectivity index (χ2v) is 8.34. The average Bonchev–Trinajstić information content (AvgIpc) is 3.32. The molecule has 0 aromatic carbocycles. The molecule has 0 bridgehead atoms. The number of alkyl halides is 1. The summed E-state index contributed by atoms with van der Waals surface area (Å²) in [5.41, 5.74) is 3.70. The first-order valence-corrected chi connectivity index (χ1v) is 11.0. The molecule has 9 nitrogen and oxygen atoms in total. The minimum absolute atomic E-state index is 0.258. The second-order valence-electron chi connectivity index (χ2n) is 8.34. The van der Waals surface area contributed by atoms with Gasteiger partial charge in [0, 0.05) is 55.8 Å². The van der Waals surface area contributed by atoms with Crippen molar-refractivity contribution in [3.05, 3.63) is 48.2 Å². The number of hydrogen-bond acceptors (Lipinski definition) is 7. The van der Waals surface area contributed by atoms with Crippen molar-refractivity contribution >= 4 is 17.2 Å².